The molecular weight excluding hydrogens is 298 g/mol. The first kappa shape index (κ1) is 16.1. The number of carbonyl (C=O) groups is 1. The summed E-state index contributed by atoms with van der Waals surface area (Å²) in [5.74, 6) is 0.965. The number of imidazole rings is 1. The van der Waals surface area contributed by atoms with Crippen LogP contribution in [-0.4, -0.2) is 20.3 Å². The molecule has 0 saturated heterocycles. The van der Waals surface area contributed by atoms with Crippen LogP contribution in [0.15, 0.2) is 42.9 Å². The molecule has 4 nitrogen and oxygen atoms in total. The van der Waals surface area contributed by atoms with Crippen LogP contribution in [0.25, 0.3) is 11.4 Å². The maximum atomic E-state index is 12.1. The van der Waals surface area contributed by atoms with Gasteiger partial charge in [-0.25, -0.2) is 4.98 Å². The van der Waals surface area contributed by atoms with Gasteiger partial charge in [-0.15, -0.1) is 0 Å². The minimum atomic E-state index is 0.0917. The molecule has 2 aromatic heterocycles. The summed E-state index contributed by atoms with van der Waals surface area (Å²) in [6.45, 7) is 8.33. The van der Waals surface area contributed by atoms with Gasteiger partial charge in [0.1, 0.15) is 5.82 Å². The Morgan fingerprint density at radius 1 is 1.08 bits per heavy atom. The highest BCUT2D eigenvalue weighted by atomic mass is 16.1. The molecule has 0 N–H and O–H groups in total. The van der Waals surface area contributed by atoms with Gasteiger partial charge < -0.3 is 4.57 Å². The number of hydrogen-bond acceptors (Lipinski definition) is 3. The van der Waals surface area contributed by atoms with Gasteiger partial charge >= 0.3 is 0 Å². The van der Waals surface area contributed by atoms with Crippen molar-refractivity contribution in [2.24, 2.45) is 0 Å². The molecule has 0 bridgehead atoms. The first-order valence-electron chi connectivity index (χ1n) is 8.02. The van der Waals surface area contributed by atoms with Crippen molar-refractivity contribution in [3.63, 3.8) is 0 Å². The Hall–Kier alpha value is -2.75. The summed E-state index contributed by atoms with van der Waals surface area (Å²) in [5, 5.41) is 0. The quantitative estimate of drug-likeness (QED) is 0.680. The molecule has 3 aromatic rings. The largest absolute Gasteiger partial charge is 0.325 e. The molecule has 1 aromatic carbocycles. The number of aromatic nitrogens is 3. The number of carbonyl (C=O) groups excluding carboxylic acids is 1. The number of nitrogens with zero attached hydrogens (tertiary/aromatic N) is 3. The Bertz CT molecular complexity index is 895. The number of benzene rings is 1. The van der Waals surface area contributed by atoms with E-state index in [0.29, 0.717) is 6.54 Å². The number of hydrogen-bond donors (Lipinski definition) is 0. The summed E-state index contributed by atoms with van der Waals surface area (Å²) < 4.78 is 2.08. The molecule has 0 fully saturated rings. The van der Waals surface area contributed by atoms with E-state index in [2.05, 4.69) is 27.5 Å². The monoisotopic (exact) mass is 319 g/mol. The van der Waals surface area contributed by atoms with E-state index in [1.54, 1.807) is 19.3 Å². The van der Waals surface area contributed by atoms with Crippen molar-refractivity contribution in [3.8, 4) is 11.4 Å². The number of ketones is 1. The van der Waals surface area contributed by atoms with E-state index in [9.17, 15) is 4.79 Å². The van der Waals surface area contributed by atoms with Gasteiger partial charge in [0.15, 0.2) is 5.78 Å². The second-order valence-electron chi connectivity index (χ2n) is 6.14. The Labute approximate surface area is 142 Å². The maximum absolute atomic E-state index is 12.1. The predicted octanol–water partition coefficient (Wildman–Crippen LogP) is 4.12. The van der Waals surface area contributed by atoms with Crippen LogP contribution in [0, 0.1) is 20.8 Å². The Balaban J connectivity index is 2.13. The molecule has 122 valence electrons. The molecule has 0 unspecified atom stereocenters. The van der Waals surface area contributed by atoms with Crippen molar-refractivity contribution >= 4 is 5.78 Å². The summed E-state index contributed by atoms with van der Waals surface area (Å²) in [6.07, 6.45) is 5.54. The van der Waals surface area contributed by atoms with Crippen LogP contribution in [0.4, 0.5) is 0 Å². The van der Waals surface area contributed by atoms with Crippen molar-refractivity contribution in [3.05, 3.63) is 70.8 Å². The third kappa shape index (κ3) is 2.87. The molecule has 2 heterocycles. The lowest BCUT2D eigenvalue weighted by molar-refractivity contribution is 0.101. The summed E-state index contributed by atoms with van der Waals surface area (Å²) in [4.78, 5) is 21.0. The Morgan fingerprint density at radius 3 is 2.54 bits per heavy atom. The lowest BCUT2D eigenvalue weighted by Gasteiger charge is -2.17. The van der Waals surface area contributed by atoms with Gasteiger partial charge in [-0.1, -0.05) is 12.1 Å². The molecule has 0 saturated carbocycles. The molecule has 4 heteroatoms. The smallest absolute Gasteiger partial charge is 0.160 e. The minimum Gasteiger partial charge on any atom is -0.325 e. The summed E-state index contributed by atoms with van der Waals surface area (Å²) in [6, 6.07) is 7.96. The Kier molecular flexibility index (Phi) is 4.30. The maximum Gasteiger partial charge on any atom is 0.160 e. The average Bonchev–Trinajstić information content (AvgIpc) is 2.95. The van der Waals surface area contributed by atoms with Crippen LogP contribution in [0.2, 0.25) is 0 Å². The van der Waals surface area contributed by atoms with Gasteiger partial charge in [0.25, 0.3) is 0 Å². The fourth-order valence-electron chi connectivity index (χ4n) is 3.40. The van der Waals surface area contributed by atoms with E-state index >= 15 is 0 Å². The van der Waals surface area contributed by atoms with E-state index in [-0.39, 0.29) is 5.78 Å². The van der Waals surface area contributed by atoms with E-state index in [4.69, 9.17) is 0 Å². The van der Waals surface area contributed by atoms with Crippen LogP contribution >= 0.6 is 0 Å². The minimum absolute atomic E-state index is 0.0917. The first-order valence-corrected chi connectivity index (χ1v) is 8.02. The number of Topliss-reactive ketones (excluding diaryl/α,β-unsaturated/α-hetero) is 1. The van der Waals surface area contributed by atoms with Gasteiger partial charge in [-0.05, 0) is 56.5 Å². The van der Waals surface area contributed by atoms with Crippen LogP contribution in [0.5, 0.6) is 0 Å². The zero-order valence-electron chi connectivity index (χ0n) is 14.5. The van der Waals surface area contributed by atoms with Gasteiger partial charge in [0.05, 0.1) is 12.2 Å². The normalized spacial score (nSPS) is 10.8. The highest BCUT2D eigenvalue weighted by Gasteiger charge is 2.18. The van der Waals surface area contributed by atoms with Crippen molar-refractivity contribution in [2.75, 3.05) is 0 Å². The topological polar surface area (TPSA) is 47.8 Å². The second-order valence-corrected chi connectivity index (χ2v) is 6.14. The van der Waals surface area contributed by atoms with E-state index in [1.165, 1.54) is 0 Å². The fraction of sp³-hybridized carbons (Fsp3) is 0.250. The highest BCUT2D eigenvalue weighted by molar-refractivity contribution is 5.99. The Morgan fingerprint density at radius 2 is 1.88 bits per heavy atom. The van der Waals surface area contributed by atoms with E-state index in [0.717, 1.165) is 39.3 Å². The van der Waals surface area contributed by atoms with Crippen molar-refractivity contribution < 1.29 is 4.79 Å². The van der Waals surface area contributed by atoms with Gasteiger partial charge in [-0.3, -0.25) is 9.78 Å². The van der Waals surface area contributed by atoms with E-state index in [1.807, 2.05) is 38.2 Å². The molecule has 24 heavy (non-hydrogen) atoms. The van der Waals surface area contributed by atoms with Crippen LogP contribution in [-0.2, 0) is 6.54 Å². The lowest BCUT2D eigenvalue weighted by atomic mass is 9.91. The summed E-state index contributed by atoms with van der Waals surface area (Å²) in [7, 11) is 0. The third-order valence-electron chi connectivity index (χ3n) is 4.32. The number of pyridine rings is 1. The standard InChI is InChI=1S/C20H21N3O/c1-13-11-14(2)19(15(3)18(13)16(4)24)20-22-9-10-23(20)12-17-7-5-6-8-21-17/h5-11H,12H2,1-4H3. The molecule has 0 aliphatic rings. The average molecular weight is 319 g/mol. The zero-order chi connectivity index (χ0) is 17.3. The third-order valence-corrected chi connectivity index (χ3v) is 4.32. The molecule has 0 atom stereocenters. The molecule has 3 rings (SSSR count). The van der Waals surface area contributed by atoms with Crippen LogP contribution in [0.1, 0.15) is 39.7 Å². The van der Waals surface area contributed by atoms with Crippen LogP contribution in [0.3, 0.4) is 0 Å². The molecule has 0 aliphatic carbocycles. The van der Waals surface area contributed by atoms with E-state index < -0.39 is 0 Å². The summed E-state index contributed by atoms with van der Waals surface area (Å²) in [5.41, 5.74) is 5.95. The molecule has 0 aliphatic heterocycles. The molecule has 0 radical (unpaired) electrons. The fourth-order valence-corrected chi connectivity index (χ4v) is 3.40. The van der Waals surface area contributed by atoms with Crippen molar-refractivity contribution in [1.29, 1.82) is 0 Å². The van der Waals surface area contributed by atoms with Crippen molar-refractivity contribution in [1.82, 2.24) is 14.5 Å². The van der Waals surface area contributed by atoms with Crippen LogP contribution < -0.4 is 0 Å². The highest BCUT2D eigenvalue weighted by Crippen LogP contribution is 2.31. The molecule has 0 spiro atoms. The van der Waals surface area contributed by atoms with Gasteiger partial charge in [0.2, 0.25) is 0 Å². The SMILES string of the molecule is CC(=O)c1c(C)cc(C)c(-c2nccn2Cc2ccccn2)c1C. The predicted molar refractivity (Wildman–Crippen MR) is 95.2 cm³/mol. The number of aryl methyl sites for hydroxylation is 2. The lowest BCUT2D eigenvalue weighted by Crippen LogP contribution is -2.08. The molecule has 0 amide bonds. The summed E-state index contributed by atoms with van der Waals surface area (Å²) >= 11 is 0. The zero-order valence-corrected chi connectivity index (χ0v) is 14.5. The number of rotatable bonds is 4. The second kappa shape index (κ2) is 6.40. The van der Waals surface area contributed by atoms with Gasteiger partial charge in [0, 0.05) is 29.7 Å². The van der Waals surface area contributed by atoms with Crippen molar-refractivity contribution in [2.45, 2.75) is 34.2 Å². The first-order chi connectivity index (χ1) is 11.5. The molecular formula is C20H21N3O. The van der Waals surface area contributed by atoms with Gasteiger partial charge in [-0.2, -0.15) is 0 Å².